The summed E-state index contributed by atoms with van der Waals surface area (Å²) in [6.45, 7) is 8.00. The van der Waals surface area contributed by atoms with Crippen LogP contribution in [0.4, 0.5) is 4.79 Å². The number of nitrogens with zero attached hydrogens (tertiary/aromatic N) is 3. The summed E-state index contributed by atoms with van der Waals surface area (Å²) < 4.78 is 0. The largest absolute Gasteiger partial charge is 0.354 e. The molecule has 2 atom stereocenters. The first-order valence-electron chi connectivity index (χ1n) is 10.7. The molecule has 3 aliphatic heterocycles. The Bertz CT molecular complexity index is 700. The van der Waals surface area contributed by atoms with E-state index in [1.165, 1.54) is 10.4 Å². The number of amides is 3. The average Bonchev–Trinajstić information content (AvgIpc) is 3.42. The summed E-state index contributed by atoms with van der Waals surface area (Å²) in [7, 11) is 0. The van der Waals surface area contributed by atoms with Gasteiger partial charge in [0.15, 0.2) is 0 Å². The first-order valence-corrected chi connectivity index (χ1v) is 11.6. The lowest BCUT2D eigenvalue weighted by Crippen LogP contribution is -2.51. The third-order valence-electron chi connectivity index (χ3n) is 6.47. The zero-order valence-electron chi connectivity index (χ0n) is 16.9. The third-order valence-corrected chi connectivity index (χ3v) is 7.49. The highest BCUT2D eigenvalue weighted by Crippen LogP contribution is 2.25. The van der Waals surface area contributed by atoms with Gasteiger partial charge in [-0.15, -0.1) is 11.3 Å². The molecule has 1 N–H and O–H groups in total. The number of urea groups is 1. The van der Waals surface area contributed by atoms with Crippen LogP contribution in [0.15, 0.2) is 11.4 Å². The molecule has 0 unspecified atom stereocenters. The van der Waals surface area contributed by atoms with Gasteiger partial charge in [0.1, 0.15) is 0 Å². The van der Waals surface area contributed by atoms with E-state index in [0.29, 0.717) is 19.1 Å². The zero-order valence-corrected chi connectivity index (χ0v) is 17.7. The average molecular weight is 405 g/mol. The maximum atomic E-state index is 12.8. The van der Waals surface area contributed by atoms with Crippen LogP contribution in [0.25, 0.3) is 0 Å². The number of rotatable bonds is 4. The zero-order chi connectivity index (χ0) is 19.5. The quantitative estimate of drug-likeness (QED) is 0.839. The Balaban J connectivity index is 1.24. The number of carbonyl (C=O) groups excluding carboxylic acids is 2. The Morgan fingerprint density at radius 3 is 2.79 bits per heavy atom. The van der Waals surface area contributed by atoms with Gasteiger partial charge in [-0.2, -0.15) is 0 Å². The Hall–Kier alpha value is -1.60. The molecule has 3 aliphatic rings. The van der Waals surface area contributed by atoms with Crippen molar-refractivity contribution < 1.29 is 9.59 Å². The van der Waals surface area contributed by atoms with Crippen molar-refractivity contribution in [3.63, 3.8) is 0 Å². The maximum absolute atomic E-state index is 12.8. The molecule has 2 saturated heterocycles. The van der Waals surface area contributed by atoms with Crippen LogP contribution in [0.3, 0.4) is 0 Å². The highest BCUT2D eigenvalue weighted by Gasteiger charge is 2.32. The van der Waals surface area contributed by atoms with E-state index in [-0.39, 0.29) is 17.9 Å². The van der Waals surface area contributed by atoms with Crippen molar-refractivity contribution in [2.45, 2.75) is 51.6 Å². The van der Waals surface area contributed by atoms with Crippen molar-refractivity contribution in [3.8, 4) is 0 Å². The van der Waals surface area contributed by atoms with E-state index in [0.717, 1.165) is 64.8 Å². The van der Waals surface area contributed by atoms with E-state index in [2.05, 4.69) is 28.6 Å². The Morgan fingerprint density at radius 1 is 1.18 bits per heavy atom. The summed E-state index contributed by atoms with van der Waals surface area (Å²) in [4.78, 5) is 33.2. The van der Waals surface area contributed by atoms with Crippen LogP contribution in [0.2, 0.25) is 0 Å². The molecule has 28 heavy (non-hydrogen) atoms. The molecule has 4 heterocycles. The molecule has 1 aromatic rings. The number of hydrogen-bond donors (Lipinski definition) is 1. The second-order valence-electron chi connectivity index (χ2n) is 8.45. The molecule has 0 spiro atoms. The molecule has 0 aliphatic carbocycles. The van der Waals surface area contributed by atoms with Gasteiger partial charge in [0.05, 0.1) is 5.92 Å². The van der Waals surface area contributed by atoms with Gasteiger partial charge in [-0.1, -0.05) is 0 Å². The molecular formula is C21H32N4O2S. The van der Waals surface area contributed by atoms with E-state index in [1.54, 1.807) is 0 Å². The first kappa shape index (κ1) is 19.7. The van der Waals surface area contributed by atoms with Gasteiger partial charge in [0, 0.05) is 56.7 Å². The number of carbonyl (C=O) groups is 2. The number of thiophene rings is 1. The third kappa shape index (κ3) is 4.35. The summed E-state index contributed by atoms with van der Waals surface area (Å²) in [5.41, 5.74) is 1.44. The lowest BCUT2D eigenvalue weighted by Gasteiger charge is -2.35. The van der Waals surface area contributed by atoms with Gasteiger partial charge in [0.25, 0.3) is 0 Å². The van der Waals surface area contributed by atoms with Crippen LogP contribution in [0, 0.1) is 5.92 Å². The predicted molar refractivity (Wildman–Crippen MR) is 111 cm³/mol. The molecule has 6 nitrogen and oxygen atoms in total. The molecule has 7 heteroatoms. The van der Waals surface area contributed by atoms with Crippen LogP contribution in [0.1, 0.15) is 43.0 Å². The Morgan fingerprint density at radius 2 is 1.96 bits per heavy atom. The summed E-state index contributed by atoms with van der Waals surface area (Å²) in [6, 6.07) is 2.68. The lowest BCUT2D eigenvalue weighted by atomic mass is 9.97. The van der Waals surface area contributed by atoms with Crippen molar-refractivity contribution in [3.05, 3.63) is 21.9 Å². The fraction of sp³-hybridized carbons (Fsp3) is 0.714. The highest BCUT2D eigenvalue weighted by molar-refractivity contribution is 7.10. The molecule has 2 fully saturated rings. The van der Waals surface area contributed by atoms with Crippen molar-refractivity contribution in [2.75, 3.05) is 39.3 Å². The van der Waals surface area contributed by atoms with Crippen molar-refractivity contribution >= 4 is 23.3 Å². The van der Waals surface area contributed by atoms with Crippen LogP contribution in [-0.2, 0) is 17.8 Å². The summed E-state index contributed by atoms with van der Waals surface area (Å²) in [5, 5.41) is 5.35. The summed E-state index contributed by atoms with van der Waals surface area (Å²) >= 11 is 1.86. The molecular weight excluding hydrogens is 372 g/mol. The normalized spacial score (nSPS) is 24.1. The first-order chi connectivity index (χ1) is 13.6. The molecule has 0 saturated carbocycles. The summed E-state index contributed by atoms with van der Waals surface area (Å²) in [6.07, 6.45) is 5.11. The van der Waals surface area contributed by atoms with Gasteiger partial charge in [-0.3, -0.25) is 9.69 Å². The van der Waals surface area contributed by atoms with E-state index in [9.17, 15) is 9.59 Å². The molecule has 0 aromatic carbocycles. The smallest absolute Gasteiger partial charge is 0.320 e. The van der Waals surface area contributed by atoms with Crippen molar-refractivity contribution in [2.24, 2.45) is 5.92 Å². The van der Waals surface area contributed by atoms with Crippen molar-refractivity contribution in [1.82, 2.24) is 20.0 Å². The Labute approximate surface area is 171 Å². The second-order valence-corrected chi connectivity index (χ2v) is 9.45. The van der Waals surface area contributed by atoms with Gasteiger partial charge in [0.2, 0.25) is 5.91 Å². The fourth-order valence-corrected chi connectivity index (χ4v) is 5.53. The number of fused-ring (bicyclic) bond motifs is 1. The number of piperidine rings is 1. The molecule has 3 amide bonds. The molecule has 4 rings (SSSR count). The fourth-order valence-electron chi connectivity index (χ4n) is 4.64. The van der Waals surface area contributed by atoms with E-state index in [4.69, 9.17) is 0 Å². The minimum absolute atomic E-state index is 0.0719. The molecule has 154 valence electrons. The second kappa shape index (κ2) is 8.82. The molecule has 1 aromatic heterocycles. The highest BCUT2D eigenvalue weighted by atomic mass is 32.1. The van der Waals surface area contributed by atoms with E-state index < -0.39 is 0 Å². The molecule has 0 radical (unpaired) electrons. The summed E-state index contributed by atoms with van der Waals surface area (Å²) in [5.74, 6) is 0.0383. The number of nitrogens with one attached hydrogen (secondary N) is 1. The standard InChI is InChI=1S/C21H32N4O2S/c1-16(24-11-6-19-17(14-24)7-12-28-19)13-22-20(26)18-5-4-10-25(15-18)21(27)23-8-2-3-9-23/h7,12,16,18H,2-6,8-11,13-15H2,1H3,(H,22,26)/t16-,18+/m0/s1. The number of hydrogen-bond acceptors (Lipinski definition) is 4. The predicted octanol–water partition coefficient (Wildman–Crippen LogP) is 2.54. The van der Waals surface area contributed by atoms with E-state index in [1.807, 2.05) is 21.1 Å². The van der Waals surface area contributed by atoms with Crippen LogP contribution in [-0.4, -0.2) is 71.9 Å². The van der Waals surface area contributed by atoms with Crippen molar-refractivity contribution in [1.29, 1.82) is 0 Å². The van der Waals surface area contributed by atoms with Crippen LogP contribution in [0.5, 0.6) is 0 Å². The topological polar surface area (TPSA) is 55.9 Å². The molecule has 0 bridgehead atoms. The number of likely N-dealkylation sites (tertiary alicyclic amines) is 2. The van der Waals surface area contributed by atoms with Gasteiger partial charge in [-0.05, 0) is 56.0 Å². The SMILES string of the molecule is C[C@@H](CNC(=O)[C@@H]1CCCN(C(=O)N2CCCC2)C1)N1CCc2sccc2C1. The monoisotopic (exact) mass is 404 g/mol. The van der Waals surface area contributed by atoms with Gasteiger partial charge in [-0.25, -0.2) is 4.79 Å². The minimum Gasteiger partial charge on any atom is -0.354 e. The maximum Gasteiger partial charge on any atom is 0.320 e. The van der Waals surface area contributed by atoms with Gasteiger partial charge < -0.3 is 15.1 Å². The van der Waals surface area contributed by atoms with Crippen LogP contribution < -0.4 is 5.32 Å². The van der Waals surface area contributed by atoms with Gasteiger partial charge >= 0.3 is 6.03 Å². The van der Waals surface area contributed by atoms with Crippen LogP contribution >= 0.6 is 11.3 Å². The lowest BCUT2D eigenvalue weighted by molar-refractivity contribution is -0.126. The Kier molecular flexibility index (Phi) is 6.21. The minimum atomic E-state index is -0.0719. The van der Waals surface area contributed by atoms with E-state index >= 15 is 0 Å².